The standard InChI is InChI=1S/C13H15NO2/c1-9(2)12-8-13(16-14-12)10-4-6-11(15-3)7-5-10/h4-9H,1-3H3. The average Bonchev–Trinajstić information content (AvgIpc) is 2.78. The third-order valence-corrected chi connectivity index (χ3v) is 2.49. The van der Waals surface area contributed by atoms with E-state index >= 15 is 0 Å². The molecule has 0 aliphatic rings. The van der Waals surface area contributed by atoms with Gasteiger partial charge < -0.3 is 9.26 Å². The van der Waals surface area contributed by atoms with E-state index in [1.165, 1.54) is 0 Å². The Kier molecular flexibility index (Phi) is 2.95. The highest BCUT2D eigenvalue weighted by Crippen LogP contribution is 2.25. The minimum atomic E-state index is 0.385. The molecule has 0 N–H and O–H groups in total. The van der Waals surface area contributed by atoms with Gasteiger partial charge in [-0.2, -0.15) is 0 Å². The number of rotatable bonds is 3. The summed E-state index contributed by atoms with van der Waals surface area (Å²) < 4.78 is 10.4. The molecule has 0 fully saturated rings. The van der Waals surface area contributed by atoms with E-state index in [0.29, 0.717) is 5.92 Å². The second kappa shape index (κ2) is 4.39. The van der Waals surface area contributed by atoms with Crippen LogP contribution >= 0.6 is 0 Å². The molecule has 0 atom stereocenters. The highest BCUT2D eigenvalue weighted by atomic mass is 16.5. The first-order chi connectivity index (χ1) is 7.70. The van der Waals surface area contributed by atoms with Crippen molar-refractivity contribution in [2.75, 3.05) is 7.11 Å². The van der Waals surface area contributed by atoms with E-state index in [0.717, 1.165) is 22.8 Å². The molecule has 1 aromatic heterocycles. The predicted molar refractivity (Wildman–Crippen MR) is 62.6 cm³/mol. The lowest BCUT2D eigenvalue weighted by Gasteiger charge is -1.99. The van der Waals surface area contributed by atoms with Gasteiger partial charge in [-0.05, 0) is 30.2 Å². The normalized spacial score (nSPS) is 10.8. The first-order valence-corrected chi connectivity index (χ1v) is 5.31. The van der Waals surface area contributed by atoms with Crippen molar-refractivity contribution in [3.05, 3.63) is 36.0 Å². The van der Waals surface area contributed by atoms with Crippen LogP contribution in [0.3, 0.4) is 0 Å². The summed E-state index contributed by atoms with van der Waals surface area (Å²) in [6.07, 6.45) is 0. The minimum Gasteiger partial charge on any atom is -0.497 e. The summed E-state index contributed by atoms with van der Waals surface area (Å²) in [7, 11) is 1.65. The lowest BCUT2D eigenvalue weighted by molar-refractivity contribution is 0.413. The minimum absolute atomic E-state index is 0.385. The first kappa shape index (κ1) is 10.7. The third kappa shape index (κ3) is 2.08. The molecule has 0 unspecified atom stereocenters. The maximum Gasteiger partial charge on any atom is 0.167 e. The van der Waals surface area contributed by atoms with E-state index in [9.17, 15) is 0 Å². The van der Waals surface area contributed by atoms with Crippen molar-refractivity contribution in [1.29, 1.82) is 0 Å². The van der Waals surface area contributed by atoms with Crippen LogP contribution in [0.15, 0.2) is 34.9 Å². The molecule has 0 bridgehead atoms. The van der Waals surface area contributed by atoms with Gasteiger partial charge in [-0.15, -0.1) is 0 Å². The molecular formula is C13H15NO2. The van der Waals surface area contributed by atoms with Gasteiger partial charge in [0.15, 0.2) is 5.76 Å². The Balaban J connectivity index is 2.28. The van der Waals surface area contributed by atoms with Crippen molar-refractivity contribution in [1.82, 2.24) is 5.16 Å². The maximum atomic E-state index is 5.29. The Morgan fingerprint density at radius 1 is 1.19 bits per heavy atom. The topological polar surface area (TPSA) is 35.3 Å². The average molecular weight is 217 g/mol. The van der Waals surface area contributed by atoms with Crippen LogP contribution in [-0.4, -0.2) is 12.3 Å². The zero-order valence-corrected chi connectivity index (χ0v) is 9.73. The van der Waals surface area contributed by atoms with Crippen LogP contribution < -0.4 is 4.74 Å². The van der Waals surface area contributed by atoms with Gasteiger partial charge in [-0.1, -0.05) is 19.0 Å². The smallest absolute Gasteiger partial charge is 0.167 e. The van der Waals surface area contributed by atoms with Gasteiger partial charge in [0, 0.05) is 11.6 Å². The van der Waals surface area contributed by atoms with Crippen LogP contribution in [0.25, 0.3) is 11.3 Å². The number of aromatic nitrogens is 1. The second-order valence-electron chi connectivity index (χ2n) is 4.00. The molecule has 0 radical (unpaired) electrons. The molecule has 3 heteroatoms. The van der Waals surface area contributed by atoms with Crippen molar-refractivity contribution in [3.63, 3.8) is 0 Å². The van der Waals surface area contributed by atoms with E-state index in [1.807, 2.05) is 30.3 Å². The Hall–Kier alpha value is -1.77. The van der Waals surface area contributed by atoms with Gasteiger partial charge in [0.05, 0.1) is 12.8 Å². The molecule has 1 heterocycles. The lowest BCUT2D eigenvalue weighted by Crippen LogP contribution is -1.84. The van der Waals surface area contributed by atoms with Crippen LogP contribution in [0.1, 0.15) is 25.5 Å². The molecule has 1 aromatic carbocycles. The number of nitrogens with zero attached hydrogens (tertiary/aromatic N) is 1. The summed E-state index contributed by atoms with van der Waals surface area (Å²) in [5, 5.41) is 4.03. The number of hydrogen-bond donors (Lipinski definition) is 0. The van der Waals surface area contributed by atoms with Gasteiger partial charge in [0.25, 0.3) is 0 Å². The Labute approximate surface area is 95.0 Å². The van der Waals surface area contributed by atoms with E-state index in [-0.39, 0.29) is 0 Å². The molecule has 0 aliphatic heterocycles. The van der Waals surface area contributed by atoms with Gasteiger partial charge >= 0.3 is 0 Å². The molecule has 0 saturated carbocycles. The van der Waals surface area contributed by atoms with E-state index in [2.05, 4.69) is 19.0 Å². The van der Waals surface area contributed by atoms with E-state index in [4.69, 9.17) is 9.26 Å². The monoisotopic (exact) mass is 217 g/mol. The largest absolute Gasteiger partial charge is 0.497 e. The highest BCUT2D eigenvalue weighted by Gasteiger charge is 2.09. The zero-order chi connectivity index (χ0) is 11.5. The summed E-state index contributed by atoms with van der Waals surface area (Å²) in [6.45, 7) is 4.19. The van der Waals surface area contributed by atoms with Crippen LogP contribution in [-0.2, 0) is 0 Å². The van der Waals surface area contributed by atoms with Crippen molar-refractivity contribution < 1.29 is 9.26 Å². The fraction of sp³-hybridized carbons (Fsp3) is 0.308. The maximum absolute atomic E-state index is 5.29. The van der Waals surface area contributed by atoms with Crippen molar-refractivity contribution >= 4 is 0 Å². The van der Waals surface area contributed by atoms with Gasteiger partial charge in [0.1, 0.15) is 5.75 Å². The van der Waals surface area contributed by atoms with Crippen molar-refractivity contribution in [3.8, 4) is 17.1 Å². The van der Waals surface area contributed by atoms with Crippen LogP contribution in [0.4, 0.5) is 0 Å². The molecule has 0 aliphatic carbocycles. The second-order valence-corrected chi connectivity index (χ2v) is 4.00. The van der Waals surface area contributed by atoms with Crippen LogP contribution in [0.2, 0.25) is 0 Å². The van der Waals surface area contributed by atoms with Crippen molar-refractivity contribution in [2.24, 2.45) is 0 Å². The van der Waals surface area contributed by atoms with Gasteiger partial charge in [0.2, 0.25) is 0 Å². The summed E-state index contributed by atoms with van der Waals surface area (Å²) in [5.41, 5.74) is 1.99. The third-order valence-electron chi connectivity index (χ3n) is 2.49. The summed E-state index contributed by atoms with van der Waals surface area (Å²) in [6, 6.07) is 9.72. The summed E-state index contributed by atoms with van der Waals surface area (Å²) >= 11 is 0. The Bertz CT molecular complexity index is 457. The molecule has 0 spiro atoms. The number of methoxy groups -OCH3 is 1. The molecule has 84 valence electrons. The first-order valence-electron chi connectivity index (χ1n) is 5.31. The molecular weight excluding hydrogens is 202 g/mol. The zero-order valence-electron chi connectivity index (χ0n) is 9.73. The van der Waals surface area contributed by atoms with Gasteiger partial charge in [-0.3, -0.25) is 0 Å². The summed E-state index contributed by atoms with van der Waals surface area (Å²) in [4.78, 5) is 0. The Morgan fingerprint density at radius 2 is 1.88 bits per heavy atom. The molecule has 2 rings (SSSR count). The van der Waals surface area contributed by atoms with E-state index in [1.54, 1.807) is 7.11 Å². The highest BCUT2D eigenvalue weighted by molar-refractivity contribution is 5.58. The Morgan fingerprint density at radius 3 is 2.38 bits per heavy atom. The molecule has 3 nitrogen and oxygen atoms in total. The van der Waals surface area contributed by atoms with Crippen molar-refractivity contribution in [2.45, 2.75) is 19.8 Å². The molecule has 2 aromatic rings. The van der Waals surface area contributed by atoms with Crippen LogP contribution in [0.5, 0.6) is 5.75 Å². The van der Waals surface area contributed by atoms with E-state index < -0.39 is 0 Å². The van der Waals surface area contributed by atoms with Gasteiger partial charge in [-0.25, -0.2) is 0 Å². The summed E-state index contributed by atoms with van der Waals surface area (Å²) in [5.74, 6) is 2.02. The SMILES string of the molecule is COc1ccc(-c2cc(C(C)C)no2)cc1. The predicted octanol–water partition coefficient (Wildman–Crippen LogP) is 3.47. The fourth-order valence-electron chi connectivity index (χ4n) is 1.45. The van der Waals surface area contributed by atoms with Crippen LogP contribution in [0, 0.1) is 0 Å². The molecule has 16 heavy (non-hydrogen) atoms. The quantitative estimate of drug-likeness (QED) is 0.789. The number of ether oxygens (including phenoxy) is 1. The number of hydrogen-bond acceptors (Lipinski definition) is 3. The molecule has 0 amide bonds. The fourth-order valence-corrected chi connectivity index (χ4v) is 1.45. The lowest BCUT2D eigenvalue weighted by atomic mass is 10.1. The molecule has 0 saturated heterocycles. The number of benzene rings is 1.